The number of rotatable bonds is 5. The molecule has 0 aliphatic heterocycles. The quantitative estimate of drug-likeness (QED) is 0.868. The van der Waals surface area contributed by atoms with Gasteiger partial charge in [0.2, 0.25) is 5.91 Å². The Balaban J connectivity index is 0.00000242. The highest BCUT2D eigenvalue weighted by Gasteiger charge is 2.32. The maximum absolute atomic E-state index is 13.6. The highest BCUT2D eigenvalue weighted by Crippen LogP contribution is 2.38. The standard InChI is InChI=1S/C16H23FN2O2.ClH/c1-21-14-6-5-12(9-13(14)17)19-15(20)10-16(11-18)7-3-2-4-8-16;/h5-6,9H,2-4,7-8,10-11,18H2,1H3,(H,19,20);1H. The zero-order valence-corrected chi connectivity index (χ0v) is 13.7. The predicted molar refractivity (Wildman–Crippen MR) is 88.0 cm³/mol. The summed E-state index contributed by atoms with van der Waals surface area (Å²) < 4.78 is 18.5. The largest absolute Gasteiger partial charge is 0.494 e. The van der Waals surface area contributed by atoms with Crippen LogP contribution in [0.4, 0.5) is 10.1 Å². The molecule has 4 nitrogen and oxygen atoms in total. The van der Waals surface area contributed by atoms with Gasteiger partial charge in [-0.3, -0.25) is 4.79 Å². The van der Waals surface area contributed by atoms with Crippen molar-refractivity contribution >= 4 is 24.0 Å². The van der Waals surface area contributed by atoms with Gasteiger partial charge in [-0.25, -0.2) is 4.39 Å². The molecule has 0 bridgehead atoms. The van der Waals surface area contributed by atoms with Gasteiger partial charge < -0.3 is 15.8 Å². The van der Waals surface area contributed by atoms with Crippen molar-refractivity contribution in [2.75, 3.05) is 19.0 Å². The van der Waals surface area contributed by atoms with Crippen LogP contribution >= 0.6 is 12.4 Å². The lowest BCUT2D eigenvalue weighted by Crippen LogP contribution is -2.36. The first-order valence-corrected chi connectivity index (χ1v) is 7.42. The topological polar surface area (TPSA) is 64.3 Å². The van der Waals surface area contributed by atoms with Crippen molar-refractivity contribution < 1.29 is 13.9 Å². The van der Waals surface area contributed by atoms with Crippen LogP contribution in [0, 0.1) is 11.2 Å². The number of methoxy groups -OCH3 is 1. The van der Waals surface area contributed by atoms with Gasteiger partial charge >= 0.3 is 0 Å². The van der Waals surface area contributed by atoms with E-state index in [4.69, 9.17) is 10.5 Å². The molecule has 0 aromatic heterocycles. The molecule has 0 saturated heterocycles. The maximum Gasteiger partial charge on any atom is 0.224 e. The van der Waals surface area contributed by atoms with Gasteiger partial charge in [-0.2, -0.15) is 0 Å². The van der Waals surface area contributed by atoms with Crippen LogP contribution in [-0.4, -0.2) is 19.6 Å². The summed E-state index contributed by atoms with van der Waals surface area (Å²) in [5, 5.41) is 2.75. The van der Waals surface area contributed by atoms with E-state index >= 15 is 0 Å². The van der Waals surface area contributed by atoms with Crippen molar-refractivity contribution in [1.29, 1.82) is 0 Å². The summed E-state index contributed by atoms with van der Waals surface area (Å²) in [5.74, 6) is -0.424. The molecule has 1 saturated carbocycles. The molecule has 124 valence electrons. The van der Waals surface area contributed by atoms with Gasteiger partial charge in [0, 0.05) is 18.2 Å². The van der Waals surface area contributed by atoms with Crippen molar-refractivity contribution in [3.8, 4) is 5.75 Å². The third-order valence-electron chi connectivity index (χ3n) is 4.32. The van der Waals surface area contributed by atoms with E-state index in [1.165, 1.54) is 25.7 Å². The Morgan fingerprint density at radius 3 is 2.59 bits per heavy atom. The zero-order chi connectivity index (χ0) is 15.3. The minimum absolute atomic E-state index is 0. The fourth-order valence-electron chi connectivity index (χ4n) is 3.04. The van der Waals surface area contributed by atoms with Crippen LogP contribution in [0.1, 0.15) is 38.5 Å². The van der Waals surface area contributed by atoms with Gasteiger partial charge in [0.15, 0.2) is 11.6 Å². The minimum atomic E-state index is -0.485. The molecule has 22 heavy (non-hydrogen) atoms. The molecule has 1 aliphatic carbocycles. The van der Waals surface area contributed by atoms with E-state index in [-0.39, 0.29) is 29.5 Å². The Bertz CT molecular complexity index is 505. The van der Waals surface area contributed by atoms with Crippen LogP contribution in [-0.2, 0) is 4.79 Å². The van der Waals surface area contributed by atoms with E-state index in [0.29, 0.717) is 18.7 Å². The fraction of sp³-hybridized carbons (Fsp3) is 0.562. The maximum atomic E-state index is 13.6. The highest BCUT2D eigenvalue weighted by atomic mass is 35.5. The van der Waals surface area contributed by atoms with Crippen molar-refractivity contribution in [1.82, 2.24) is 0 Å². The summed E-state index contributed by atoms with van der Waals surface area (Å²) in [6.07, 6.45) is 5.86. The van der Waals surface area contributed by atoms with Crippen molar-refractivity contribution in [2.45, 2.75) is 38.5 Å². The monoisotopic (exact) mass is 330 g/mol. The molecular formula is C16H24ClFN2O2. The van der Waals surface area contributed by atoms with Crippen molar-refractivity contribution in [3.05, 3.63) is 24.0 Å². The summed E-state index contributed by atoms with van der Waals surface area (Å²) in [7, 11) is 1.41. The number of halogens is 2. The number of carbonyl (C=O) groups is 1. The highest BCUT2D eigenvalue weighted by molar-refractivity contribution is 5.91. The van der Waals surface area contributed by atoms with E-state index in [2.05, 4.69) is 5.32 Å². The number of hydrogen-bond acceptors (Lipinski definition) is 3. The van der Waals surface area contributed by atoms with Crippen molar-refractivity contribution in [2.24, 2.45) is 11.1 Å². The second-order valence-electron chi connectivity index (χ2n) is 5.84. The molecule has 0 spiro atoms. The SMILES string of the molecule is COc1ccc(NC(=O)CC2(CN)CCCCC2)cc1F.Cl. The summed E-state index contributed by atoms with van der Waals surface area (Å²) in [4.78, 5) is 12.2. The van der Waals surface area contributed by atoms with Gasteiger partial charge in [0.1, 0.15) is 0 Å². The predicted octanol–water partition coefficient (Wildman–Crippen LogP) is 3.49. The van der Waals surface area contributed by atoms with E-state index < -0.39 is 5.82 Å². The summed E-state index contributed by atoms with van der Waals surface area (Å²) in [6, 6.07) is 4.41. The lowest BCUT2D eigenvalue weighted by molar-refractivity contribution is -0.118. The minimum Gasteiger partial charge on any atom is -0.494 e. The number of ether oxygens (including phenoxy) is 1. The zero-order valence-electron chi connectivity index (χ0n) is 12.9. The van der Waals surface area contributed by atoms with Gasteiger partial charge in [-0.05, 0) is 36.9 Å². The van der Waals surface area contributed by atoms with Crippen LogP contribution in [0.2, 0.25) is 0 Å². The lowest BCUT2D eigenvalue weighted by Gasteiger charge is -2.35. The Labute approximate surface area is 137 Å². The molecular weight excluding hydrogens is 307 g/mol. The van der Waals surface area contributed by atoms with Crippen LogP contribution in [0.25, 0.3) is 0 Å². The van der Waals surface area contributed by atoms with Gasteiger partial charge in [-0.1, -0.05) is 19.3 Å². The molecule has 0 radical (unpaired) electrons. The third-order valence-corrected chi connectivity index (χ3v) is 4.32. The first-order valence-electron chi connectivity index (χ1n) is 7.42. The third kappa shape index (κ3) is 4.58. The number of nitrogens with one attached hydrogen (secondary N) is 1. The average Bonchev–Trinajstić information content (AvgIpc) is 2.48. The molecule has 0 unspecified atom stereocenters. The molecule has 0 atom stereocenters. The molecule has 1 fully saturated rings. The number of amides is 1. The fourth-order valence-corrected chi connectivity index (χ4v) is 3.04. The molecule has 1 aromatic rings. The van der Waals surface area contributed by atoms with Gasteiger partial charge in [0.25, 0.3) is 0 Å². The smallest absolute Gasteiger partial charge is 0.224 e. The lowest BCUT2D eigenvalue weighted by atomic mass is 9.71. The summed E-state index contributed by atoms with van der Waals surface area (Å²) in [6.45, 7) is 0.525. The number of carbonyl (C=O) groups excluding carboxylic acids is 1. The van der Waals surface area contributed by atoms with E-state index in [1.54, 1.807) is 6.07 Å². The first-order chi connectivity index (χ1) is 10.1. The number of anilines is 1. The summed E-state index contributed by atoms with van der Waals surface area (Å²) >= 11 is 0. The Morgan fingerprint density at radius 2 is 2.05 bits per heavy atom. The van der Waals surface area contributed by atoms with Crippen LogP contribution in [0.5, 0.6) is 5.75 Å². The van der Waals surface area contributed by atoms with Gasteiger partial charge in [-0.15, -0.1) is 12.4 Å². The first kappa shape index (κ1) is 18.7. The van der Waals surface area contributed by atoms with Crippen LogP contribution < -0.4 is 15.8 Å². The Kier molecular flexibility index (Phi) is 7.10. The molecule has 1 aromatic carbocycles. The Hall–Kier alpha value is -1.33. The van der Waals surface area contributed by atoms with Crippen LogP contribution in [0.3, 0.4) is 0 Å². The summed E-state index contributed by atoms with van der Waals surface area (Å²) in [5.41, 5.74) is 6.24. The van der Waals surface area contributed by atoms with E-state index in [9.17, 15) is 9.18 Å². The molecule has 1 amide bonds. The average molecular weight is 331 g/mol. The normalized spacial score (nSPS) is 16.5. The molecule has 1 aliphatic rings. The van der Waals surface area contributed by atoms with Gasteiger partial charge in [0.05, 0.1) is 7.11 Å². The number of benzene rings is 1. The Morgan fingerprint density at radius 1 is 1.36 bits per heavy atom. The van der Waals surface area contributed by atoms with E-state index in [0.717, 1.165) is 25.7 Å². The number of nitrogens with two attached hydrogens (primary N) is 1. The number of hydrogen-bond donors (Lipinski definition) is 2. The molecule has 2 rings (SSSR count). The van der Waals surface area contributed by atoms with Crippen LogP contribution in [0.15, 0.2) is 18.2 Å². The molecule has 0 heterocycles. The molecule has 6 heteroatoms. The second kappa shape index (κ2) is 8.34. The van der Waals surface area contributed by atoms with Crippen molar-refractivity contribution in [3.63, 3.8) is 0 Å². The molecule has 3 N–H and O–H groups in total. The van der Waals surface area contributed by atoms with E-state index in [1.807, 2.05) is 0 Å². The second-order valence-corrected chi connectivity index (χ2v) is 5.84.